The number of hydrogen-bond donors (Lipinski definition) is 2. The molecule has 3 aromatic carbocycles. The van der Waals surface area contributed by atoms with Crippen LogP contribution in [0, 0.1) is 0 Å². The topological polar surface area (TPSA) is 71.1 Å². The predicted molar refractivity (Wildman–Crippen MR) is 152 cm³/mol. The van der Waals surface area contributed by atoms with Crippen LogP contribution >= 0.6 is 57.9 Å². The van der Waals surface area contributed by atoms with Crippen LogP contribution in [0.4, 0.5) is 10.8 Å². The summed E-state index contributed by atoms with van der Waals surface area (Å²) in [6, 6.07) is 19.8. The van der Waals surface area contributed by atoms with Crippen molar-refractivity contribution in [2.24, 2.45) is 0 Å². The molecule has 0 fully saturated rings. The van der Waals surface area contributed by atoms with E-state index in [0.29, 0.717) is 31.6 Å². The molecule has 0 aliphatic rings. The van der Waals surface area contributed by atoms with Crippen molar-refractivity contribution in [2.45, 2.75) is 23.5 Å². The van der Waals surface area contributed by atoms with Gasteiger partial charge in [0.15, 0.2) is 5.13 Å². The molecule has 0 aliphatic carbocycles. The van der Waals surface area contributed by atoms with Crippen LogP contribution in [0.2, 0.25) is 15.1 Å². The van der Waals surface area contributed by atoms with Gasteiger partial charge in [0.05, 0.1) is 27.4 Å². The van der Waals surface area contributed by atoms with Crippen LogP contribution in [-0.4, -0.2) is 22.0 Å². The van der Waals surface area contributed by atoms with Gasteiger partial charge in [0.2, 0.25) is 11.8 Å². The molecule has 184 valence electrons. The van der Waals surface area contributed by atoms with Gasteiger partial charge in [-0.1, -0.05) is 53.0 Å². The maximum atomic E-state index is 12.7. The Morgan fingerprint density at radius 1 is 0.944 bits per heavy atom. The molecular weight excluding hydrogens is 557 g/mol. The lowest BCUT2D eigenvalue weighted by Crippen LogP contribution is -2.22. The van der Waals surface area contributed by atoms with Gasteiger partial charge in [0.25, 0.3) is 0 Å². The van der Waals surface area contributed by atoms with Crippen molar-refractivity contribution in [1.29, 1.82) is 0 Å². The number of thioether (sulfide) groups is 1. The van der Waals surface area contributed by atoms with E-state index in [-0.39, 0.29) is 23.5 Å². The first-order chi connectivity index (χ1) is 17.3. The van der Waals surface area contributed by atoms with E-state index in [2.05, 4.69) is 15.6 Å². The number of benzene rings is 3. The number of amides is 2. The van der Waals surface area contributed by atoms with Gasteiger partial charge in [-0.2, -0.15) is 0 Å². The molecule has 0 saturated heterocycles. The molecule has 36 heavy (non-hydrogen) atoms. The normalized spacial score (nSPS) is 11.7. The smallest absolute Gasteiger partial charge is 0.239 e. The monoisotopic (exact) mass is 575 g/mol. The molecule has 0 bridgehead atoms. The van der Waals surface area contributed by atoms with Crippen LogP contribution < -0.4 is 10.6 Å². The molecule has 2 N–H and O–H groups in total. The van der Waals surface area contributed by atoms with Gasteiger partial charge in [0.1, 0.15) is 0 Å². The standard InChI is InChI=1S/C26H20Cl3N3O2S2/c1-15(25(34)32-26-31-23(14-35-26)17-4-11-21(28)22(29)13-17)36-20-9-7-19(8-10-20)30-24(33)12-16-2-5-18(27)6-3-16/h2-11,13-15H,12H2,1H3,(H,30,33)(H,31,32,34). The van der Waals surface area contributed by atoms with Crippen molar-refractivity contribution in [3.05, 3.63) is 92.7 Å². The zero-order chi connectivity index (χ0) is 25.7. The van der Waals surface area contributed by atoms with Crippen LogP contribution in [0.25, 0.3) is 11.3 Å². The lowest BCUT2D eigenvalue weighted by molar-refractivity contribution is -0.116. The molecule has 0 radical (unpaired) electrons. The molecule has 5 nitrogen and oxygen atoms in total. The SMILES string of the molecule is CC(Sc1ccc(NC(=O)Cc2ccc(Cl)cc2)cc1)C(=O)Nc1nc(-c2ccc(Cl)c(Cl)c2)cs1. The Balaban J connectivity index is 1.29. The lowest BCUT2D eigenvalue weighted by atomic mass is 10.1. The second-order valence-corrected chi connectivity index (χ2v) is 11.3. The van der Waals surface area contributed by atoms with Crippen molar-refractivity contribution in [1.82, 2.24) is 4.98 Å². The van der Waals surface area contributed by atoms with E-state index in [0.717, 1.165) is 16.0 Å². The van der Waals surface area contributed by atoms with Crippen molar-refractivity contribution in [3.8, 4) is 11.3 Å². The number of nitrogens with one attached hydrogen (secondary N) is 2. The molecule has 10 heteroatoms. The summed E-state index contributed by atoms with van der Waals surface area (Å²) in [4.78, 5) is 30.4. The fraction of sp³-hybridized carbons (Fsp3) is 0.115. The maximum Gasteiger partial charge on any atom is 0.239 e. The number of aromatic nitrogens is 1. The second kappa shape index (κ2) is 12.1. The van der Waals surface area contributed by atoms with E-state index in [1.54, 1.807) is 24.3 Å². The van der Waals surface area contributed by atoms with Crippen molar-refractivity contribution < 1.29 is 9.59 Å². The molecule has 1 heterocycles. The molecule has 0 spiro atoms. The van der Waals surface area contributed by atoms with Gasteiger partial charge in [-0.05, 0) is 61.0 Å². The number of thiazole rings is 1. The highest BCUT2D eigenvalue weighted by molar-refractivity contribution is 8.00. The van der Waals surface area contributed by atoms with Crippen molar-refractivity contribution >= 4 is 80.5 Å². The first-order valence-electron chi connectivity index (χ1n) is 10.8. The molecule has 1 unspecified atom stereocenters. The van der Waals surface area contributed by atoms with E-state index in [1.165, 1.54) is 23.1 Å². The predicted octanol–water partition coefficient (Wildman–Crippen LogP) is 8.07. The number of halogens is 3. The average molecular weight is 577 g/mol. The Bertz CT molecular complexity index is 1380. The van der Waals surface area contributed by atoms with Gasteiger partial charge >= 0.3 is 0 Å². The van der Waals surface area contributed by atoms with Crippen LogP contribution in [-0.2, 0) is 16.0 Å². The second-order valence-electron chi connectivity index (χ2n) is 7.79. The van der Waals surface area contributed by atoms with E-state index in [1.807, 2.05) is 54.8 Å². The Morgan fingerprint density at radius 2 is 1.67 bits per heavy atom. The van der Waals surface area contributed by atoms with E-state index < -0.39 is 0 Å². The molecule has 4 aromatic rings. The largest absolute Gasteiger partial charge is 0.326 e. The average Bonchev–Trinajstić information content (AvgIpc) is 3.32. The molecule has 4 rings (SSSR count). The third-order valence-corrected chi connectivity index (χ3v) is 7.91. The van der Waals surface area contributed by atoms with Gasteiger partial charge < -0.3 is 10.6 Å². The zero-order valence-electron chi connectivity index (χ0n) is 18.9. The summed E-state index contributed by atoms with van der Waals surface area (Å²) in [6.45, 7) is 1.83. The highest BCUT2D eigenvalue weighted by Crippen LogP contribution is 2.31. The van der Waals surface area contributed by atoms with Crippen molar-refractivity contribution in [3.63, 3.8) is 0 Å². The third kappa shape index (κ3) is 7.24. The Labute approximate surface area is 232 Å². The molecule has 1 aromatic heterocycles. The number of nitrogens with zero attached hydrogens (tertiary/aromatic N) is 1. The fourth-order valence-electron chi connectivity index (χ4n) is 3.19. The molecule has 0 saturated carbocycles. The molecule has 0 aliphatic heterocycles. The first kappa shape index (κ1) is 26.5. The maximum absolute atomic E-state index is 12.7. The van der Waals surface area contributed by atoms with Gasteiger partial charge in [0, 0.05) is 26.5 Å². The summed E-state index contributed by atoms with van der Waals surface area (Å²) in [7, 11) is 0. The third-order valence-electron chi connectivity index (χ3n) is 5.05. The first-order valence-corrected chi connectivity index (χ1v) is 13.7. The number of carbonyl (C=O) groups is 2. The summed E-state index contributed by atoms with van der Waals surface area (Å²) >= 11 is 20.7. The summed E-state index contributed by atoms with van der Waals surface area (Å²) in [5.41, 5.74) is 3.10. The van der Waals surface area contributed by atoms with Crippen molar-refractivity contribution in [2.75, 3.05) is 10.6 Å². The van der Waals surface area contributed by atoms with Gasteiger partial charge in [-0.15, -0.1) is 23.1 Å². The highest BCUT2D eigenvalue weighted by atomic mass is 35.5. The van der Waals surface area contributed by atoms with Crippen LogP contribution in [0.3, 0.4) is 0 Å². The van der Waals surface area contributed by atoms with Gasteiger partial charge in [-0.25, -0.2) is 4.98 Å². The Morgan fingerprint density at radius 3 is 2.36 bits per heavy atom. The highest BCUT2D eigenvalue weighted by Gasteiger charge is 2.17. The van der Waals surface area contributed by atoms with Crippen LogP contribution in [0.15, 0.2) is 77.0 Å². The molecular formula is C26H20Cl3N3O2S2. The van der Waals surface area contributed by atoms with E-state index in [9.17, 15) is 9.59 Å². The molecule has 2 amide bonds. The lowest BCUT2D eigenvalue weighted by Gasteiger charge is -2.11. The summed E-state index contributed by atoms with van der Waals surface area (Å²) in [5, 5.41) is 9.31. The van der Waals surface area contributed by atoms with E-state index >= 15 is 0 Å². The Hall–Kier alpha value is -2.55. The van der Waals surface area contributed by atoms with Crippen LogP contribution in [0.5, 0.6) is 0 Å². The van der Waals surface area contributed by atoms with E-state index in [4.69, 9.17) is 34.8 Å². The number of rotatable bonds is 8. The fourth-order valence-corrected chi connectivity index (χ4v) is 5.21. The number of carbonyl (C=O) groups excluding carboxylic acids is 2. The minimum atomic E-state index is -0.354. The molecule has 1 atom stereocenters. The number of hydrogen-bond acceptors (Lipinski definition) is 5. The minimum Gasteiger partial charge on any atom is -0.326 e. The number of anilines is 2. The summed E-state index contributed by atoms with van der Waals surface area (Å²) in [5.74, 6) is -0.274. The summed E-state index contributed by atoms with van der Waals surface area (Å²) in [6.07, 6.45) is 0.258. The van der Waals surface area contributed by atoms with Gasteiger partial charge in [-0.3, -0.25) is 9.59 Å². The zero-order valence-corrected chi connectivity index (χ0v) is 22.8. The quantitative estimate of drug-likeness (QED) is 0.208. The Kier molecular flexibility index (Phi) is 8.93. The minimum absolute atomic E-state index is 0.117. The van der Waals surface area contributed by atoms with Crippen LogP contribution in [0.1, 0.15) is 12.5 Å². The summed E-state index contributed by atoms with van der Waals surface area (Å²) < 4.78 is 0.